The van der Waals surface area contributed by atoms with Gasteiger partial charge in [-0.25, -0.2) is 0 Å². The molecule has 0 aliphatic carbocycles. The average molecular weight is 318 g/mol. The zero-order valence-electron chi connectivity index (χ0n) is 9.56. The van der Waals surface area contributed by atoms with Gasteiger partial charge in [0.1, 0.15) is 0 Å². The second kappa shape index (κ2) is 5.98. The maximum atomic E-state index is 10.8. The van der Waals surface area contributed by atoms with E-state index < -0.39 is 5.97 Å². The highest BCUT2D eigenvalue weighted by Crippen LogP contribution is 2.26. The van der Waals surface area contributed by atoms with Crippen LogP contribution in [0, 0.1) is 0 Å². The summed E-state index contributed by atoms with van der Waals surface area (Å²) in [5.74, 6) is -0.687. The molecule has 17 heavy (non-hydrogen) atoms. The largest absolute Gasteiger partial charge is 0.481 e. The minimum Gasteiger partial charge on any atom is -0.481 e. The minimum absolute atomic E-state index is 0.208. The average Bonchev–Trinajstić information content (AvgIpc) is 2.66. The van der Waals surface area contributed by atoms with Crippen molar-refractivity contribution in [1.82, 2.24) is 4.90 Å². The fraction of sp³-hybridized carbons (Fsp3) is 0.583. The molecule has 2 heterocycles. The highest BCUT2D eigenvalue weighted by atomic mass is 79.9. The van der Waals surface area contributed by atoms with Gasteiger partial charge in [0.05, 0.1) is 10.2 Å². The van der Waals surface area contributed by atoms with E-state index in [1.54, 1.807) is 11.3 Å². The zero-order valence-corrected chi connectivity index (χ0v) is 12.0. The number of piperidine rings is 1. The Bertz CT molecular complexity index is 394. The molecule has 1 aromatic heterocycles. The lowest BCUT2D eigenvalue weighted by Crippen LogP contribution is -2.40. The molecule has 0 radical (unpaired) electrons. The Morgan fingerprint density at radius 2 is 2.41 bits per heavy atom. The van der Waals surface area contributed by atoms with Crippen LogP contribution in [0.4, 0.5) is 0 Å². The number of carbonyl (C=O) groups is 1. The maximum absolute atomic E-state index is 10.8. The van der Waals surface area contributed by atoms with Crippen LogP contribution in [0.3, 0.4) is 0 Å². The first-order valence-electron chi connectivity index (χ1n) is 5.84. The highest BCUT2D eigenvalue weighted by molar-refractivity contribution is 9.11. The van der Waals surface area contributed by atoms with Crippen molar-refractivity contribution in [3.8, 4) is 0 Å². The third-order valence-corrected chi connectivity index (χ3v) is 4.72. The standard InChI is InChI=1S/C12H16BrNO2S/c13-11-5-9(8-17-11)7-14-4-2-1-3-10(14)6-12(15)16/h5,8,10H,1-4,6-7H2,(H,15,16). The molecular formula is C12H16BrNO2S. The van der Waals surface area contributed by atoms with Crippen molar-refractivity contribution in [2.75, 3.05) is 6.54 Å². The minimum atomic E-state index is -0.687. The summed E-state index contributed by atoms with van der Waals surface area (Å²) in [4.78, 5) is 13.1. The molecule has 1 aliphatic rings. The predicted octanol–water partition coefficient (Wildman–Crippen LogP) is 3.34. The van der Waals surface area contributed by atoms with Gasteiger partial charge in [-0.15, -0.1) is 11.3 Å². The monoisotopic (exact) mass is 317 g/mol. The fourth-order valence-corrected chi connectivity index (χ4v) is 3.56. The summed E-state index contributed by atoms with van der Waals surface area (Å²) in [6.07, 6.45) is 3.62. The van der Waals surface area contributed by atoms with Crippen molar-refractivity contribution in [1.29, 1.82) is 0 Å². The van der Waals surface area contributed by atoms with Gasteiger partial charge in [0, 0.05) is 12.6 Å². The lowest BCUT2D eigenvalue weighted by Gasteiger charge is -2.34. The Morgan fingerprint density at radius 1 is 1.59 bits per heavy atom. The Labute approximate surface area is 114 Å². The summed E-state index contributed by atoms with van der Waals surface area (Å²) in [6, 6.07) is 2.33. The van der Waals surface area contributed by atoms with Crippen LogP contribution >= 0.6 is 27.3 Å². The molecule has 0 bridgehead atoms. The van der Waals surface area contributed by atoms with Crippen LogP contribution in [0.2, 0.25) is 0 Å². The smallest absolute Gasteiger partial charge is 0.304 e. The predicted molar refractivity (Wildman–Crippen MR) is 72.3 cm³/mol. The molecule has 2 rings (SSSR count). The molecule has 94 valence electrons. The molecule has 1 unspecified atom stereocenters. The van der Waals surface area contributed by atoms with Crippen LogP contribution in [0.15, 0.2) is 15.2 Å². The van der Waals surface area contributed by atoms with Crippen molar-refractivity contribution in [2.45, 2.75) is 38.3 Å². The molecule has 1 atom stereocenters. The summed E-state index contributed by atoms with van der Waals surface area (Å²) in [5.41, 5.74) is 1.28. The number of likely N-dealkylation sites (tertiary alicyclic amines) is 1. The van der Waals surface area contributed by atoms with Crippen LogP contribution < -0.4 is 0 Å². The van der Waals surface area contributed by atoms with Crippen LogP contribution in [-0.2, 0) is 11.3 Å². The molecule has 0 saturated carbocycles. The van der Waals surface area contributed by atoms with Crippen molar-refractivity contribution in [2.24, 2.45) is 0 Å². The summed E-state index contributed by atoms with van der Waals surface area (Å²) in [5, 5.41) is 11.1. The summed E-state index contributed by atoms with van der Waals surface area (Å²) in [6.45, 7) is 1.89. The van der Waals surface area contributed by atoms with Crippen molar-refractivity contribution < 1.29 is 9.90 Å². The van der Waals surface area contributed by atoms with E-state index in [1.807, 2.05) is 0 Å². The molecule has 3 nitrogen and oxygen atoms in total. The lowest BCUT2D eigenvalue weighted by molar-refractivity contribution is -0.138. The Balaban J connectivity index is 1.98. The van der Waals surface area contributed by atoms with E-state index in [0.29, 0.717) is 0 Å². The zero-order chi connectivity index (χ0) is 12.3. The molecule has 1 N–H and O–H groups in total. The summed E-state index contributed by atoms with van der Waals surface area (Å²) in [7, 11) is 0. The molecule has 1 aliphatic heterocycles. The van der Waals surface area contributed by atoms with Crippen LogP contribution in [0.1, 0.15) is 31.2 Å². The van der Waals surface area contributed by atoms with Gasteiger partial charge in [0.15, 0.2) is 0 Å². The first-order chi connectivity index (χ1) is 8.15. The number of aliphatic carboxylic acids is 1. The SMILES string of the molecule is O=C(O)CC1CCCCN1Cc1csc(Br)c1. The van der Waals surface area contributed by atoms with Crippen LogP contribution in [0.25, 0.3) is 0 Å². The van der Waals surface area contributed by atoms with E-state index in [1.165, 1.54) is 12.0 Å². The maximum Gasteiger partial charge on any atom is 0.304 e. The van der Waals surface area contributed by atoms with Gasteiger partial charge >= 0.3 is 5.97 Å². The van der Waals surface area contributed by atoms with Crippen molar-refractivity contribution in [3.05, 3.63) is 20.8 Å². The number of nitrogens with zero attached hydrogens (tertiary/aromatic N) is 1. The Hall–Kier alpha value is -0.390. The molecule has 0 aromatic carbocycles. The number of carboxylic acid groups (broad SMARTS) is 1. The van der Waals surface area contributed by atoms with E-state index in [-0.39, 0.29) is 12.5 Å². The molecule has 1 fully saturated rings. The van der Waals surface area contributed by atoms with E-state index in [2.05, 4.69) is 32.3 Å². The van der Waals surface area contributed by atoms with E-state index in [0.717, 1.165) is 29.7 Å². The van der Waals surface area contributed by atoms with Gasteiger partial charge < -0.3 is 5.11 Å². The summed E-state index contributed by atoms with van der Waals surface area (Å²) < 4.78 is 1.14. The first kappa shape index (κ1) is 13.1. The second-order valence-electron chi connectivity index (χ2n) is 4.48. The summed E-state index contributed by atoms with van der Waals surface area (Å²) >= 11 is 5.14. The number of thiophene rings is 1. The van der Waals surface area contributed by atoms with Gasteiger partial charge in [-0.3, -0.25) is 9.69 Å². The van der Waals surface area contributed by atoms with Crippen LogP contribution in [0.5, 0.6) is 0 Å². The Kier molecular flexibility index (Phi) is 4.59. The number of rotatable bonds is 4. The van der Waals surface area contributed by atoms with Gasteiger partial charge in [-0.05, 0) is 52.3 Å². The van der Waals surface area contributed by atoms with Crippen molar-refractivity contribution >= 4 is 33.2 Å². The number of hydrogen-bond donors (Lipinski definition) is 1. The van der Waals surface area contributed by atoms with Gasteiger partial charge in [-0.1, -0.05) is 6.42 Å². The number of hydrogen-bond acceptors (Lipinski definition) is 3. The lowest BCUT2D eigenvalue weighted by atomic mass is 9.99. The second-order valence-corrected chi connectivity index (χ2v) is 6.77. The van der Waals surface area contributed by atoms with E-state index in [4.69, 9.17) is 5.11 Å². The van der Waals surface area contributed by atoms with Gasteiger partial charge in [0.25, 0.3) is 0 Å². The first-order valence-corrected chi connectivity index (χ1v) is 7.51. The molecule has 1 aromatic rings. The molecule has 5 heteroatoms. The third kappa shape index (κ3) is 3.79. The quantitative estimate of drug-likeness (QED) is 0.926. The fourth-order valence-electron chi connectivity index (χ4n) is 2.36. The van der Waals surface area contributed by atoms with Gasteiger partial charge in [-0.2, -0.15) is 0 Å². The van der Waals surface area contributed by atoms with Gasteiger partial charge in [0.2, 0.25) is 0 Å². The Morgan fingerprint density at radius 3 is 3.06 bits per heavy atom. The topological polar surface area (TPSA) is 40.5 Å². The number of halogens is 1. The molecule has 1 saturated heterocycles. The van der Waals surface area contributed by atoms with E-state index >= 15 is 0 Å². The van der Waals surface area contributed by atoms with Crippen LogP contribution in [-0.4, -0.2) is 28.6 Å². The highest BCUT2D eigenvalue weighted by Gasteiger charge is 2.24. The molecule has 0 amide bonds. The van der Waals surface area contributed by atoms with Crippen molar-refractivity contribution in [3.63, 3.8) is 0 Å². The van der Waals surface area contributed by atoms with E-state index in [9.17, 15) is 4.79 Å². The number of carboxylic acids is 1. The normalized spacial score (nSPS) is 21.6. The molecular weight excluding hydrogens is 302 g/mol. The third-order valence-electron chi connectivity index (χ3n) is 3.17. The molecule has 0 spiro atoms.